The van der Waals surface area contributed by atoms with Crippen molar-refractivity contribution in [3.63, 3.8) is 0 Å². The molecule has 4 rings (SSSR count). The Labute approximate surface area is 227 Å². The molecule has 40 heavy (non-hydrogen) atoms. The minimum Gasteiger partial charge on any atom is -0.466 e. The molecule has 1 aliphatic heterocycles. The average molecular weight is 559 g/mol. The molecule has 1 aliphatic rings. The van der Waals surface area contributed by atoms with Gasteiger partial charge < -0.3 is 9.64 Å². The van der Waals surface area contributed by atoms with Gasteiger partial charge in [-0.25, -0.2) is 4.79 Å². The van der Waals surface area contributed by atoms with E-state index in [9.17, 15) is 32.3 Å². The zero-order valence-electron chi connectivity index (χ0n) is 22.3. The number of benzene rings is 2. The van der Waals surface area contributed by atoms with Crippen LogP contribution in [0, 0.1) is 19.8 Å². The van der Waals surface area contributed by atoms with Crippen LogP contribution in [-0.2, 0) is 22.3 Å². The van der Waals surface area contributed by atoms with Gasteiger partial charge in [0.05, 0.1) is 30.3 Å². The number of rotatable bonds is 6. The molecule has 0 aliphatic carbocycles. The molecule has 1 amide bonds. The second-order valence-corrected chi connectivity index (χ2v) is 9.74. The van der Waals surface area contributed by atoms with E-state index in [1.165, 1.54) is 17.0 Å². The van der Waals surface area contributed by atoms with Gasteiger partial charge in [-0.15, -0.1) is 0 Å². The van der Waals surface area contributed by atoms with Crippen LogP contribution < -0.4 is 11.2 Å². The van der Waals surface area contributed by atoms with Crippen LogP contribution in [0.1, 0.15) is 52.5 Å². The number of piperidine rings is 1. The number of aromatic nitrogens is 3. The summed E-state index contributed by atoms with van der Waals surface area (Å²) in [4.78, 5) is 54.2. The van der Waals surface area contributed by atoms with Gasteiger partial charge in [-0.2, -0.15) is 23.0 Å². The lowest BCUT2D eigenvalue weighted by Gasteiger charge is -2.31. The second kappa shape index (κ2) is 11.5. The van der Waals surface area contributed by atoms with Crippen molar-refractivity contribution < 1.29 is 27.5 Å². The number of halogens is 3. The van der Waals surface area contributed by atoms with Crippen LogP contribution >= 0.6 is 0 Å². The molecule has 2 aromatic carbocycles. The van der Waals surface area contributed by atoms with Gasteiger partial charge in [0, 0.05) is 13.1 Å². The second-order valence-electron chi connectivity index (χ2n) is 9.74. The van der Waals surface area contributed by atoms with Crippen LogP contribution in [0.15, 0.2) is 52.1 Å². The number of hydrogen-bond acceptors (Lipinski definition) is 6. The lowest BCUT2D eigenvalue weighted by Crippen LogP contribution is -2.49. The number of carbonyl (C=O) groups is 2. The fourth-order valence-corrected chi connectivity index (χ4v) is 4.56. The number of hydrogen-bond donors (Lipinski definition) is 0. The normalized spacial score (nSPS) is 15.7. The zero-order valence-corrected chi connectivity index (χ0v) is 22.3. The number of alkyl halides is 3. The molecule has 212 valence electrons. The van der Waals surface area contributed by atoms with Crippen molar-refractivity contribution in [1.82, 2.24) is 19.2 Å². The summed E-state index contributed by atoms with van der Waals surface area (Å²) < 4.78 is 45.9. The van der Waals surface area contributed by atoms with E-state index in [0.717, 1.165) is 32.5 Å². The molecule has 0 bridgehead atoms. The minimum atomic E-state index is -4.54. The number of likely N-dealkylation sites (tertiary alicyclic amines) is 1. The predicted octanol–water partition coefficient (Wildman–Crippen LogP) is 3.49. The molecule has 1 fully saturated rings. The third-order valence-corrected chi connectivity index (χ3v) is 6.95. The Hall–Kier alpha value is -4.22. The highest BCUT2D eigenvalue weighted by Crippen LogP contribution is 2.29. The molecule has 1 aromatic heterocycles. The highest BCUT2D eigenvalue weighted by molar-refractivity contribution is 5.92. The molecular formula is C28H29F3N4O5. The molecule has 0 N–H and O–H groups in total. The Bertz CT molecular complexity index is 1540. The maximum Gasteiger partial charge on any atom is 0.416 e. The van der Waals surface area contributed by atoms with Crippen LogP contribution in [0.4, 0.5) is 13.2 Å². The molecule has 2 heterocycles. The van der Waals surface area contributed by atoms with Crippen molar-refractivity contribution in [2.24, 2.45) is 5.92 Å². The van der Waals surface area contributed by atoms with Crippen molar-refractivity contribution >= 4 is 11.9 Å². The molecule has 0 unspecified atom stereocenters. The third-order valence-electron chi connectivity index (χ3n) is 6.95. The molecule has 0 radical (unpaired) electrons. The van der Waals surface area contributed by atoms with E-state index in [-0.39, 0.29) is 31.8 Å². The topological polar surface area (TPSA) is 104 Å². The number of aryl methyl sites for hydroxylation is 2. The minimum absolute atomic E-state index is 0.0282. The van der Waals surface area contributed by atoms with Crippen LogP contribution in [0.3, 0.4) is 0 Å². The van der Waals surface area contributed by atoms with Gasteiger partial charge in [-0.3, -0.25) is 19.0 Å². The van der Waals surface area contributed by atoms with Crippen LogP contribution in [0.2, 0.25) is 0 Å². The molecular weight excluding hydrogens is 529 g/mol. The van der Waals surface area contributed by atoms with E-state index in [2.05, 4.69) is 5.10 Å². The Morgan fingerprint density at radius 1 is 1.05 bits per heavy atom. The fourth-order valence-electron chi connectivity index (χ4n) is 4.56. The number of amides is 1. The van der Waals surface area contributed by atoms with Crippen molar-refractivity contribution in [3.8, 4) is 5.69 Å². The van der Waals surface area contributed by atoms with E-state index in [4.69, 9.17) is 4.74 Å². The summed E-state index contributed by atoms with van der Waals surface area (Å²) in [5.41, 5.74) is -0.884. The van der Waals surface area contributed by atoms with E-state index in [1.807, 2.05) is 13.8 Å². The molecule has 9 nitrogen and oxygen atoms in total. The first-order valence-electron chi connectivity index (χ1n) is 12.8. The van der Waals surface area contributed by atoms with Gasteiger partial charge in [0.15, 0.2) is 0 Å². The maximum atomic E-state index is 13.6. The monoisotopic (exact) mass is 558 g/mol. The quantitative estimate of drug-likeness (QED) is 0.429. The molecule has 3 aromatic rings. The van der Waals surface area contributed by atoms with Gasteiger partial charge in [-0.05, 0) is 74.6 Å². The van der Waals surface area contributed by atoms with Gasteiger partial charge in [0.2, 0.25) is 5.69 Å². The maximum absolute atomic E-state index is 13.6. The predicted molar refractivity (Wildman–Crippen MR) is 139 cm³/mol. The summed E-state index contributed by atoms with van der Waals surface area (Å²) in [6.45, 7) is 5.51. The fraction of sp³-hybridized carbons (Fsp3) is 0.393. The van der Waals surface area contributed by atoms with Gasteiger partial charge >= 0.3 is 17.8 Å². The van der Waals surface area contributed by atoms with E-state index in [1.54, 1.807) is 25.1 Å². The summed E-state index contributed by atoms with van der Waals surface area (Å²) >= 11 is 0. The highest BCUT2D eigenvalue weighted by Gasteiger charge is 2.33. The van der Waals surface area contributed by atoms with Gasteiger partial charge in [0.25, 0.3) is 11.5 Å². The molecule has 0 spiro atoms. The lowest BCUT2D eigenvalue weighted by atomic mass is 9.98. The Morgan fingerprint density at radius 2 is 1.75 bits per heavy atom. The van der Waals surface area contributed by atoms with Crippen molar-refractivity contribution in [1.29, 1.82) is 0 Å². The van der Waals surface area contributed by atoms with Crippen molar-refractivity contribution in [2.45, 2.75) is 46.3 Å². The van der Waals surface area contributed by atoms with Crippen molar-refractivity contribution in [3.05, 3.63) is 91.3 Å². The summed E-state index contributed by atoms with van der Waals surface area (Å²) in [5.74, 6) is -1.75. The summed E-state index contributed by atoms with van der Waals surface area (Å²) in [6.07, 6.45) is -3.51. The van der Waals surface area contributed by atoms with Crippen LogP contribution in [0.5, 0.6) is 0 Å². The number of ether oxygens (including phenoxy) is 1. The first-order valence-corrected chi connectivity index (χ1v) is 12.8. The number of carbonyl (C=O) groups excluding carboxylic acids is 2. The lowest BCUT2D eigenvalue weighted by molar-refractivity contribution is -0.149. The number of esters is 1. The van der Waals surface area contributed by atoms with Gasteiger partial charge in [0.1, 0.15) is 0 Å². The SMILES string of the molecule is CCOC(=O)[C@H]1CCCN(C(=O)c2nn(-c3ccc(C)c(C)c3)c(=O)n(Cc3ccc(C(F)(F)F)cc3)c2=O)C1. The van der Waals surface area contributed by atoms with Crippen LogP contribution in [0.25, 0.3) is 5.69 Å². The average Bonchev–Trinajstić information content (AvgIpc) is 2.92. The van der Waals surface area contributed by atoms with Crippen molar-refractivity contribution in [2.75, 3.05) is 19.7 Å². The highest BCUT2D eigenvalue weighted by atomic mass is 19.4. The summed E-state index contributed by atoms with van der Waals surface area (Å²) in [7, 11) is 0. The smallest absolute Gasteiger partial charge is 0.416 e. The van der Waals surface area contributed by atoms with Gasteiger partial charge in [-0.1, -0.05) is 18.2 Å². The Kier molecular flexibility index (Phi) is 8.26. The Morgan fingerprint density at radius 3 is 2.38 bits per heavy atom. The molecule has 1 saturated heterocycles. The first-order chi connectivity index (χ1) is 18.9. The largest absolute Gasteiger partial charge is 0.466 e. The first kappa shape index (κ1) is 28.8. The molecule has 1 atom stereocenters. The Balaban J connectivity index is 1.79. The molecule has 12 heteroatoms. The zero-order chi connectivity index (χ0) is 29.2. The summed E-state index contributed by atoms with van der Waals surface area (Å²) in [6, 6.07) is 9.13. The van der Waals surface area contributed by atoms with E-state index in [0.29, 0.717) is 18.5 Å². The standard InChI is InChI=1S/C28H29F3N4O5/c1-4-40-26(38)20-6-5-13-33(16-20)24(36)23-25(37)34(15-19-8-10-21(11-9-19)28(29,30)31)27(39)35(32-23)22-12-7-17(2)18(3)14-22/h7-12,14,20H,4-6,13,15-16H2,1-3H3/t20-/m0/s1. The van der Waals surface area contributed by atoms with Crippen LogP contribution in [-0.4, -0.2) is 50.8 Å². The summed E-state index contributed by atoms with van der Waals surface area (Å²) in [5, 5.41) is 4.16. The molecule has 0 saturated carbocycles. The van der Waals surface area contributed by atoms with E-state index < -0.39 is 46.5 Å². The third kappa shape index (κ3) is 6.00. The number of nitrogens with zero attached hydrogens (tertiary/aromatic N) is 4. The van der Waals surface area contributed by atoms with E-state index >= 15 is 0 Å².